The molecule has 0 saturated carbocycles. The third-order valence-electron chi connectivity index (χ3n) is 1.70. The highest BCUT2D eigenvalue weighted by molar-refractivity contribution is 6.42. The minimum atomic E-state index is -0.438. The standard InChI is InChI=1S/C8H10Cl2N2O/c1-2-3-4-5-6(9)7(10)8(13)12-11-5/h2-4H2,1H3,(H,12,13). The number of halogens is 2. The maximum absolute atomic E-state index is 10.9. The lowest BCUT2D eigenvalue weighted by atomic mass is 10.2. The van der Waals surface area contributed by atoms with Crippen molar-refractivity contribution in [1.29, 1.82) is 0 Å². The van der Waals surface area contributed by atoms with Crippen LogP contribution in [0, 0.1) is 0 Å². The highest BCUT2D eigenvalue weighted by Gasteiger charge is 2.09. The van der Waals surface area contributed by atoms with E-state index >= 15 is 0 Å². The number of nitrogens with zero attached hydrogens (tertiary/aromatic N) is 1. The van der Waals surface area contributed by atoms with Crippen LogP contribution in [0.2, 0.25) is 10.0 Å². The second-order valence-electron chi connectivity index (χ2n) is 2.73. The lowest BCUT2D eigenvalue weighted by Crippen LogP contribution is -2.11. The number of unbranched alkanes of at least 4 members (excludes halogenated alkanes) is 1. The van der Waals surface area contributed by atoms with Crippen LogP contribution in [0.3, 0.4) is 0 Å². The summed E-state index contributed by atoms with van der Waals surface area (Å²) in [6, 6.07) is 0. The van der Waals surface area contributed by atoms with E-state index in [1.807, 2.05) is 0 Å². The van der Waals surface area contributed by atoms with E-state index in [0.717, 1.165) is 19.3 Å². The molecule has 3 nitrogen and oxygen atoms in total. The van der Waals surface area contributed by atoms with Crippen LogP contribution in [0.4, 0.5) is 0 Å². The SMILES string of the molecule is CCCCc1n[nH]c(=O)c(Cl)c1Cl. The third-order valence-corrected chi connectivity index (χ3v) is 2.57. The van der Waals surface area contributed by atoms with Gasteiger partial charge in [-0.1, -0.05) is 36.5 Å². The average molecular weight is 221 g/mol. The van der Waals surface area contributed by atoms with Crippen molar-refractivity contribution < 1.29 is 0 Å². The molecular formula is C8H10Cl2N2O. The molecule has 1 heterocycles. The number of aryl methyl sites for hydroxylation is 1. The van der Waals surface area contributed by atoms with Crippen molar-refractivity contribution in [2.75, 3.05) is 0 Å². The second-order valence-corrected chi connectivity index (χ2v) is 3.49. The fraction of sp³-hybridized carbons (Fsp3) is 0.500. The molecule has 0 aliphatic heterocycles. The van der Waals surface area contributed by atoms with Gasteiger partial charge in [-0.15, -0.1) is 0 Å². The molecular weight excluding hydrogens is 211 g/mol. The summed E-state index contributed by atoms with van der Waals surface area (Å²) in [5, 5.41) is 6.43. The van der Waals surface area contributed by atoms with Crippen LogP contribution in [0.25, 0.3) is 0 Å². The lowest BCUT2D eigenvalue weighted by molar-refractivity contribution is 0.756. The van der Waals surface area contributed by atoms with Gasteiger partial charge in [-0.25, -0.2) is 5.10 Å². The van der Waals surface area contributed by atoms with Crippen LogP contribution in [0.15, 0.2) is 4.79 Å². The topological polar surface area (TPSA) is 45.8 Å². The maximum atomic E-state index is 10.9. The van der Waals surface area contributed by atoms with E-state index in [1.165, 1.54) is 0 Å². The Morgan fingerprint density at radius 3 is 2.69 bits per heavy atom. The second kappa shape index (κ2) is 4.63. The van der Waals surface area contributed by atoms with Gasteiger partial charge in [0.1, 0.15) is 5.02 Å². The molecule has 0 unspecified atom stereocenters. The Labute approximate surface area is 86.1 Å². The fourth-order valence-electron chi connectivity index (χ4n) is 0.953. The van der Waals surface area contributed by atoms with Crippen molar-refractivity contribution in [3.05, 3.63) is 26.1 Å². The number of nitrogens with one attached hydrogen (secondary N) is 1. The Hall–Kier alpha value is -0.540. The summed E-state index contributed by atoms with van der Waals surface area (Å²) in [7, 11) is 0. The summed E-state index contributed by atoms with van der Waals surface area (Å²) in [5.41, 5.74) is 0.222. The number of aromatic nitrogens is 2. The monoisotopic (exact) mass is 220 g/mol. The Bertz CT molecular complexity index is 348. The highest BCUT2D eigenvalue weighted by Crippen LogP contribution is 2.20. The summed E-state index contributed by atoms with van der Waals surface area (Å²) in [6.45, 7) is 2.07. The van der Waals surface area contributed by atoms with E-state index in [9.17, 15) is 4.79 Å². The predicted octanol–water partition coefficient (Wildman–Crippen LogP) is 2.42. The van der Waals surface area contributed by atoms with Gasteiger partial charge in [-0.05, 0) is 12.8 Å². The van der Waals surface area contributed by atoms with Crippen LogP contribution in [0.1, 0.15) is 25.5 Å². The first-order valence-corrected chi connectivity index (χ1v) is 4.85. The Kier molecular flexibility index (Phi) is 3.75. The molecule has 0 spiro atoms. The molecule has 1 N–H and O–H groups in total. The summed E-state index contributed by atoms with van der Waals surface area (Å²) < 4.78 is 0. The summed E-state index contributed by atoms with van der Waals surface area (Å²) in [4.78, 5) is 10.9. The van der Waals surface area contributed by atoms with Crippen LogP contribution < -0.4 is 5.56 Å². The maximum Gasteiger partial charge on any atom is 0.284 e. The molecule has 0 aliphatic carbocycles. The Balaban J connectivity index is 2.97. The highest BCUT2D eigenvalue weighted by atomic mass is 35.5. The van der Waals surface area contributed by atoms with E-state index < -0.39 is 5.56 Å². The van der Waals surface area contributed by atoms with Gasteiger partial charge < -0.3 is 0 Å². The van der Waals surface area contributed by atoms with E-state index in [1.54, 1.807) is 0 Å². The van der Waals surface area contributed by atoms with Gasteiger partial charge in [0.25, 0.3) is 5.56 Å². The first-order valence-electron chi connectivity index (χ1n) is 4.09. The average Bonchev–Trinajstić information content (AvgIpc) is 2.13. The van der Waals surface area contributed by atoms with Gasteiger partial charge in [-0.2, -0.15) is 5.10 Å². The number of hydrogen-bond acceptors (Lipinski definition) is 2. The Morgan fingerprint density at radius 2 is 2.08 bits per heavy atom. The zero-order chi connectivity index (χ0) is 9.84. The largest absolute Gasteiger partial charge is 0.284 e. The van der Waals surface area contributed by atoms with E-state index in [-0.39, 0.29) is 10.0 Å². The molecule has 0 saturated heterocycles. The molecule has 1 rings (SSSR count). The van der Waals surface area contributed by atoms with Crippen molar-refractivity contribution in [1.82, 2.24) is 10.2 Å². The molecule has 1 aromatic rings. The lowest BCUT2D eigenvalue weighted by Gasteiger charge is -2.01. The van der Waals surface area contributed by atoms with Crippen molar-refractivity contribution in [2.24, 2.45) is 0 Å². The van der Waals surface area contributed by atoms with Gasteiger partial charge in [0, 0.05) is 0 Å². The summed E-state index contributed by atoms with van der Waals surface area (Å²) in [5.74, 6) is 0. The van der Waals surface area contributed by atoms with E-state index in [2.05, 4.69) is 17.1 Å². The summed E-state index contributed by atoms with van der Waals surface area (Å²) in [6.07, 6.45) is 2.77. The number of rotatable bonds is 3. The molecule has 5 heteroatoms. The number of H-pyrrole nitrogens is 1. The molecule has 0 amide bonds. The zero-order valence-corrected chi connectivity index (χ0v) is 8.74. The quantitative estimate of drug-likeness (QED) is 0.851. The fourth-order valence-corrected chi connectivity index (χ4v) is 1.33. The van der Waals surface area contributed by atoms with Crippen molar-refractivity contribution in [3.63, 3.8) is 0 Å². The number of hydrogen-bond donors (Lipinski definition) is 1. The van der Waals surface area contributed by atoms with Gasteiger partial charge >= 0.3 is 0 Å². The van der Waals surface area contributed by atoms with Crippen LogP contribution in [0.5, 0.6) is 0 Å². The van der Waals surface area contributed by atoms with Crippen molar-refractivity contribution in [3.8, 4) is 0 Å². The van der Waals surface area contributed by atoms with Gasteiger partial charge in [0.15, 0.2) is 0 Å². The molecule has 72 valence electrons. The van der Waals surface area contributed by atoms with Crippen LogP contribution in [-0.2, 0) is 6.42 Å². The molecule has 0 radical (unpaired) electrons. The molecule has 0 aliphatic rings. The zero-order valence-electron chi connectivity index (χ0n) is 7.23. The van der Waals surface area contributed by atoms with Crippen LogP contribution >= 0.6 is 23.2 Å². The predicted molar refractivity (Wildman–Crippen MR) is 53.5 cm³/mol. The molecule has 0 bridgehead atoms. The molecule has 0 fully saturated rings. The smallest absolute Gasteiger partial charge is 0.266 e. The molecule has 0 atom stereocenters. The molecule has 13 heavy (non-hydrogen) atoms. The summed E-state index contributed by atoms with van der Waals surface area (Å²) >= 11 is 11.5. The minimum absolute atomic E-state index is 0.0303. The minimum Gasteiger partial charge on any atom is -0.266 e. The van der Waals surface area contributed by atoms with Crippen LogP contribution in [-0.4, -0.2) is 10.2 Å². The molecule has 0 aromatic carbocycles. The van der Waals surface area contributed by atoms with Crippen molar-refractivity contribution in [2.45, 2.75) is 26.2 Å². The first kappa shape index (κ1) is 10.5. The Morgan fingerprint density at radius 1 is 1.38 bits per heavy atom. The van der Waals surface area contributed by atoms with Gasteiger partial charge in [-0.3, -0.25) is 4.79 Å². The molecule has 1 aromatic heterocycles. The first-order chi connectivity index (χ1) is 6.16. The van der Waals surface area contributed by atoms with Gasteiger partial charge in [0.2, 0.25) is 0 Å². The number of aromatic amines is 1. The van der Waals surface area contributed by atoms with Crippen molar-refractivity contribution >= 4 is 23.2 Å². The van der Waals surface area contributed by atoms with E-state index in [4.69, 9.17) is 23.2 Å². The van der Waals surface area contributed by atoms with Gasteiger partial charge in [0.05, 0.1) is 10.7 Å². The normalized spacial score (nSPS) is 10.4. The van der Waals surface area contributed by atoms with E-state index in [0.29, 0.717) is 5.69 Å². The third kappa shape index (κ3) is 2.45.